The standard InChI is InChI=1S/C21H24ClN3O6S/c1-14(21(27)23-2)24(11-15-5-4-6-16(22)9-15)20(26)12-25(32(3,28)29)17-7-8-18-19(10-17)31-13-30-18/h4-10,14H,11-13H2,1-3H3,(H,23,27). The lowest BCUT2D eigenvalue weighted by atomic mass is 10.1. The number of carbonyl (C=O) groups excluding carboxylic acids is 2. The van der Waals surface area contributed by atoms with Gasteiger partial charge < -0.3 is 19.7 Å². The van der Waals surface area contributed by atoms with Crippen molar-refractivity contribution in [2.45, 2.75) is 19.5 Å². The smallest absolute Gasteiger partial charge is 0.244 e. The van der Waals surface area contributed by atoms with Crippen molar-refractivity contribution in [1.82, 2.24) is 10.2 Å². The number of halogens is 1. The molecule has 3 rings (SSSR count). The third kappa shape index (κ3) is 5.43. The maximum Gasteiger partial charge on any atom is 0.244 e. The summed E-state index contributed by atoms with van der Waals surface area (Å²) < 4.78 is 36.6. The highest BCUT2D eigenvalue weighted by Crippen LogP contribution is 2.36. The van der Waals surface area contributed by atoms with E-state index in [9.17, 15) is 18.0 Å². The van der Waals surface area contributed by atoms with Gasteiger partial charge in [0, 0.05) is 24.7 Å². The second-order valence-corrected chi connectivity index (χ2v) is 9.59. The summed E-state index contributed by atoms with van der Waals surface area (Å²) in [6, 6.07) is 10.7. The fraction of sp³-hybridized carbons (Fsp3) is 0.333. The first kappa shape index (κ1) is 23.7. The summed E-state index contributed by atoms with van der Waals surface area (Å²) in [5.41, 5.74) is 0.955. The number of hydrogen-bond donors (Lipinski definition) is 1. The van der Waals surface area contributed by atoms with Crippen molar-refractivity contribution >= 4 is 39.1 Å². The van der Waals surface area contributed by atoms with Gasteiger partial charge in [0.15, 0.2) is 11.5 Å². The van der Waals surface area contributed by atoms with Crippen LogP contribution in [-0.4, -0.2) is 57.8 Å². The van der Waals surface area contributed by atoms with E-state index in [-0.39, 0.29) is 24.9 Å². The molecular weight excluding hydrogens is 458 g/mol. The maximum absolute atomic E-state index is 13.3. The number of anilines is 1. The van der Waals surface area contributed by atoms with E-state index in [1.54, 1.807) is 37.3 Å². The van der Waals surface area contributed by atoms with Crippen LogP contribution in [0.25, 0.3) is 0 Å². The number of rotatable bonds is 8. The number of sulfonamides is 1. The summed E-state index contributed by atoms with van der Waals surface area (Å²) in [4.78, 5) is 26.9. The van der Waals surface area contributed by atoms with Gasteiger partial charge >= 0.3 is 0 Å². The van der Waals surface area contributed by atoms with E-state index in [1.165, 1.54) is 24.1 Å². The Morgan fingerprint density at radius 2 is 1.88 bits per heavy atom. The fourth-order valence-corrected chi connectivity index (χ4v) is 4.33. The molecule has 11 heteroatoms. The fourth-order valence-electron chi connectivity index (χ4n) is 3.28. The second-order valence-electron chi connectivity index (χ2n) is 7.25. The number of likely N-dealkylation sites (N-methyl/N-ethyl adjacent to an activating group) is 1. The molecule has 0 aromatic heterocycles. The van der Waals surface area contributed by atoms with E-state index in [0.29, 0.717) is 22.1 Å². The maximum atomic E-state index is 13.3. The predicted molar refractivity (Wildman–Crippen MR) is 120 cm³/mol. The van der Waals surface area contributed by atoms with E-state index in [1.807, 2.05) is 0 Å². The Morgan fingerprint density at radius 1 is 1.16 bits per heavy atom. The average Bonchev–Trinajstić information content (AvgIpc) is 3.21. The minimum atomic E-state index is -3.83. The highest BCUT2D eigenvalue weighted by molar-refractivity contribution is 7.92. The molecule has 1 aliphatic rings. The first-order valence-electron chi connectivity index (χ1n) is 9.73. The molecule has 1 heterocycles. The number of ether oxygens (including phenoxy) is 2. The van der Waals surface area contributed by atoms with Crippen LogP contribution in [0.2, 0.25) is 5.02 Å². The zero-order valence-electron chi connectivity index (χ0n) is 17.9. The van der Waals surface area contributed by atoms with Crippen molar-refractivity contribution in [1.29, 1.82) is 0 Å². The molecule has 2 amide bonds. The normalized spacial score (nSPS) is 13.4. The Labute approximate surface area is 191 Å². The number of amides is 2. The van der Waals surface area contributed by atoms with Crippen molar-refractivity contribution in [3.8, 4) is 11.5 Å². The lowest BCUT2D eigenvalue weighted by Crippen LogP contribution is -2.50. The van der Waals surface area contributed by atoms with Crippen LogP contribution in [0.4, 0.5) is 5.69 Å². The predicted octanol–water partition coefficient (Wildman–Crippen LogP) is 2.00. The number of nitrogens with one attached hydrogen (secondary N) is 1. The summed E-state index contributed by atoms with van der Waals surface area (Å²) in [7, 11) is -2.36. The zero-order chi connectivity index (χ0) is 23.5. The van der Waals surface area contributed by atoms with Gasteiger partial charge in [0.1, 0.15) is 12.6 Å². The Balaban J connectivity index is 1.91. The van der Waals surface area contributed by atoms with Crippen LogP contribution in [-0.2, 0) is 26.2 Å². The third-order valence-electron chi connectivity index (χ3n) is 4.98. The molecule has 0 fully saturated rings. The number of fused-ring (bicyclic) bond motifs is 1. The molecule has 0 saturated heterocycles. The molecule has 0 spiro atoms. The number of carbonyl (C=O) groups is 2. The molecule has 1 N–H and O–H groups in total. The van der Waals surface area contributed by atoms with Crippen LogP contribution in [0.1, 0.15) is 12.5 Å². The molecule has 0 aliphatic carbocycles. The van der Waals surface area contributed by atoms with E-state index in [2.05, 4.69) is 5.32 Å². The Hall–Kier alpha value is -2.98. The van der Waals surface area contributed by atoms with Crippen LogP contribution < -0.4 is 19.1 Å². The molecule has 1 atom stereocenters. The largest absolute Gasteiger partial charge is 0.454 e. The third-order valence-corrected chi connectivity index (χ3v) is 6.35. The molecule has 0 bridgehead atoms. The van der Waals surface area contributed by atoms with Gasteiger partial charge in [-0.1, -0.05) is 23.7 Å². The Kier molecular flexibility index (Phi) is 7.15. The molecule has 1 unspecified atom stereocenters. The summed E-state index contributed by atoms with van der Waals surface area (Å²) in [5.74, 6) is -0.0546. The minimum absolute atomic E-state index is 0.0354. The number of benzene rings is 2. The highest BCUT2D eigenvalue weighted by Gasteiger charge is 2.30. The molecule has 172 valence electrons. The van der Waals surface area contributed by atoms with Crippen LogP contribution in [0.3, 0.4) is 0 Å². The van der Waals surface area contributed by atoms with E-state index in [0.717, 1.165) is 10.6 Å². The van der Waals surface area contributed by atoms with Crippen molar-refractivity contribution in [3.63, 3.8) is 0 Å². The summed E-state index contributed by atoms with van der Waals surface area (Å²) >= 11 is 6.06. The summed E-state index contributed by atoms with van der Waals surface area (Å²) in [5, 5.41) is 3.01. The quantitative estimate of drug-likeness (QED) is 0.618. The van der Waals surface area contributed by atoms with Gasteiger partial charge in [-0.2, -0.15) is 0 Å². The van der Waals surface area contributed by atoms with Crippen LogP contribution in [0.5, 0.6) is 11.5 Å². The molecular formula is C21H24ClN3O6S. The monoisotopic (exact) mass is 481 g/mol. The molecule has 1 aliphatic heterocycles. The van der Waals surface area contributed by atoms with Crippen molar-refractivity contribution in [3.05, 3.63) is 53.1 Å². The van der Waals surface area contributed by atoms with E-state index in [4.69, 9.17) is 21.1 Å². The van der Waals surface area contributed by atoms with Gasteiger partial charge in [-0.3, -0.25) is 13.9 Å². The van der Waals surface area contributed by atoms with Gasteiger partial charge in [-0.05, 0) is 36.8 Å². The SMILES string of the molecule is CNC(=O)C(C)N(Cc1cccc(Cl)c1)C(=O)CN(c1ccc2c(c1)OCO2)S(C)(=O)=O. The van der Waals surface area contributed by atoms with Crippen molar-refractivity contribution < 1.29 is 27.5 Å². The van der Waals surface area contributed by atoms with Crippen LogP contribution >= 0.6 is 11.6 Å². The summed E-state index contributed by atoms with van der Waals surface area (Å²) in [6.45, 7) is 1.19. The Bertz CT molecular complexity index is 1120. The van der Waals surface area contributed by atoms with Crippen molar-refractivity contribution in [2.24, 2.45) is 0 Å². The molecule has 0 saturated carbocycles. The zero-order valence-corrected chi connectivity index (χ0v) is 19.4. The number of nitrogens with zero attached hydrogens (tertiary/aromatic N) is 2. The van der Waals surface area contributed by atoms with Gasteiger partial charge in [0.05, 0.1) is 11.9 Å². The molecule has 2 aromatic rings. The summed E-state index contributed by atoms with van der Waals surface area (Å²) in [6.07, 6.45) is 1.01. The molecule has 2 aromatic carbocycles. The van der Waals surface area contributed by atoms with Crippen LogP contribution in [0.15, 0.2) is 42.5 Å². The van der Waals surface area contributed by atoms with Gasteiger partial charge in [-0.15, -0.1) is 0 Å². The van der Waals surface area contributed by atoms with Gasteiger partial charge in [0.25, 0.3) is 0 Å². The van der Waals surface area contributed by atoms with E-state index < -0.39 is 28.5 Å². The molecule has 9 nitrogen and oxygen atoms in total. The first-order valence-corrected chi connectivity index (χ1v) is 12.0. The number of hydrogen-bond acceptors (Lipinski definition) is 6. The molecule has 32 heavy (non-hydrogen) atoms. The minimum Gasteiger partial charge on any atom is -0.454 e. The van der Waals surface area contributed by atoms with Crippen LogP contribution in [0, 0.1) is 0 Å². The van der Waals surface area contributed by atoms with Gasteiger partial charge in [-0.25, -0.2) is 8.42 Å². The second kappa shape index (κ2) is 9.66. The van der Waals surface area contributed by atoms with Gasteiger partial charge in [0.2, 0.25) is 28.6 Å². The van der Waals surface area contributed by atoms with E-state index >= 15 is 0 Å². The first-order chi connectivity index (χ1) is 15.1. The average molecular weight is 482 g/mol. The Morgan fingerprint density at radius 3 is 2.53 bits per heavy atom. The lowest BCUT2D eigenvalue weighted by Gasteiger charge is -2.31. The topological polar surface area (TPSA) is 105 Å². The highest BCUT2D eigenvalue weighted by atomic mass is 35.5. The van der Waals surface area contributed by atoms with Crippen molar-refractivity contribution in [2.75, 3.05) is 30.9 Å². The molecule has 0 radical (unpaired) electrons. The lowest BCUT2D eigenvalue weighted by molar-refractivity contribution is -0.139.